The van der Waals surface area contributed by atoms with Crippen LogP contribution in [0, 0.1) is 6.92 Å². The van der Waals surface area contributed by atoms with Crippen LogP contribution in [0.4, 0.5) is 0 Å². The molecule has 0 aromatic carbocycles. The van der Waals surface area contributed by atoms with Gasteiger partial charge >= 0.3 is 0 Å². The van der Waals surface area contributed by atoms with E-state index in [2.05, 4.69) is 16.9 Å². The van der Waals surface area contributed by atoms with Crippen LogP contribution in [0.25, 0.3) is 0 Å². The maximum Gasteiger partial charge on any atom is 0.125 e. The summed E-state index contributed by atoms with van der Waals surface area (Å²) < 4.78 is 0. The second kappa shape index (κ2) is 4.34. The Kier molecular flexibility index (Phi) is 3.36. The van der Waals surface area contributed by atoms with E-state index in [1.807, 2.05) is 31.1 Å². The Hall–Kier alpha value is -0.570. The smallest absolute Gasteiger partial charge is 0.125 e. The van der Waals surface area contributed by atoms with Gasteiger partial charge in [-0.1, -0.05) is 6.92 Å². The molecule has 0 unspecified atom stereocenters. The highest BCUT2D eigenvalue weighted by atomic mass is 32.2. The van der Waals surface area contributed by atoms with Crippen molar-refractivity contribution in [3.8, 4) is 0 Å². The zero-order valence-corrected chi connectivity index (χ0v) is 7.69. The molecule has 0 radical (unpaired) electrons. The summed E-state index contributed by atoms with van der Waals surface area (Å²) in [5.41, 5.74) is 1.21. The van der Waals surface area contributed by atoms with Crippen LogP contribution in [-0.2, 0) is 5.75 Å². The first-order chi connectivity index (χ1) is 5.33. The molecule has 0 atom stereocenters. The molecule has 2 nitrogen and oxygen atoms in total. The van der Waals surface area contributed by atoms with Crippen molar-refractivity contribution in [2.24, 2.45) is 0 Å². The Morgan fingerprint density at radius 2 is 2.00 bits per heavy atom. The van der Waals surface area contributed by atoms with E-state index in [0.29, 0.717) is 0 Å². The van der Waals surface area contributed by atoms with E-state index in [4.69, 9.17) is 0 Å². The number of thioether (sulfide) groups is 1. The van der Waals surface area contributed by atoms with Crippen molar-refractivity contribution < 1.29 is 0 Å². The van der Waals surface area contributed by atoms with Crippen molar-refractivity contribution in [2.45, 2.75) is 19.6 Å². The van der Waals surface area contributed by atoms with E-state index in [-0.39, 0.29) is 0 Å². The minimum atomic E-state index is 0.843. The van der Waals surface area contributed by atoms with E-state index < -0.39 is 0 Å². The average molecular weight is 168 g/mol. The van der Waals surface area contributed by atoms with Crippen molar-refractivity contribution in [2.75, 3.05) is 5.75 Å². The van der Waals surface area contributed by atoms with Gasteiger partial charge in [-0.2, -0.15) is 11.8 Å². The largest absolute Gasteiger partial charge is 0.241 e. The second-order valence-corrected chi connectivity index (χ2v) is 3.55. The Morgan fingerprint density at radius 1 is 1.36 bits per heavy atom. The lowest BCUT2D eigenvalue weighted by molar-refractivity contribution is 1.03. The monoisotopic (exact) mass is 168 g/mol. The van der Waals surface area contributed by atoms with Crippen LogP contribution in [-0.4, -0.2) is 15.7 Å². The van der Waals surface area contributed by atoms with Crippen molar-refractivity contribution in [3.05, 3.63) is 23.8 Å². The maximum atomic E-state index is 4.11. The lowest BCUT2D eigenvalue weighted by Gasteiger charge is -1.97. The van der Waals surface area contributed by atoms with Gasteiger partial charge in [-0.3, -0.25) is 0 Å². The molecule has 1 heterocycles. The molecule has 0 aliphatic rings. The Labute approximate surface area is 71.5 Å². The summed E-state index contributed by atoms with van der Waals surface area (Å²) in [4.78, 5) is 8.22. The van der Waals surface area contributed by atoms with E-state index in [9.17, 15) is 0 Å². The first kappa shape index (κ1) is 8.53. The fourth-order valence-electron chi connectivity index (χ4n) is 0.714. The quantitative estimate of drug-likeness (QED) is 0.690. The van der Waals surface area contributed by atoms with Gasteiger partial charge in [0.05, 0.1) is 0 Å². The van der Waals surface area contributed by atoms with Crippen LogP contribution in [0.1, 0.15) is 18.3 Å². The van der Waals surface area contributed by atoms with Crippen LogP contribution in [0.3, 0.4) is 0 Å². The molecule has 0 bridgehead atoms. The molecule has 0 amide bonds. The number of rotatable bonds is 3. The fourth-order valence-corrected chi connectivity index (χ4v) is 1.30. The third kappa shape index (κ3) is 2.89. The average Bonchev–Trinajstić information content (AvgIpc) is 2.04. The molecule has 0 spiro atoms. The van der Waals surface area contributed by atoms with Crippen LogP contribution in [0.2, 0.25) is 0 Å². The Bertz CT molecular complexity index is 208. The molecule has 0 aliphatic heterocycles. The third-order valence-corrected chi connectivity index (χ3v) is 2.25. The minimum Gasteiger partial charge on any atom is -0.241 e. The standard InChI is InChI=1S/C8H12N2S/c1-3-11-6-8-4-9-7(2)10-5-8/h4-5H,3,6H2,1-2H3. The molecule has 11 heavy (non-hydrogen) atoms. The predicted molar refractivity (Wildman–Crippen MR) is 48.6 cm³/mol. The first-order valence-corrected chi connectivity index (χ1v) is 4.83. The SMILES string of the molecule is CCSCc1cnc(C)nc1. The highest BCUT2D eigenvalue weighted by Crippen LogP contribution is 2.08. The number of nitrogens with zero attached hydrogens (tertiary/aromatic N) is 2. The summed E-state index contributed by atoms with van der Waals surface area (Å²) in [6.07, 6.45) is 3.79. The highest BCUT2D eigenvalue weighted by molar-refractivity contribution is 7.98. The van der Waals surface area contributed by atoms with E-state index in [0.717, 1.165) is 17.3 Å². The normalized spacial score (nSPS) is 10.0. The van der Waals surface area contributed by atoms with Crippen LogP contribution in [0.5, 0.6) is 0 Å². The van der Waals surface area contributed by atoms with E-state index in [1.165, 1.54) is 5.56 Å². The van der Waals surface area contributed by atoms with E-state index >= 15 is 0 Å². The van der Waals surface area contributed by atoms with Gasteiger partial charge in [-0.25, -0.2) is 9.97 Å². The number of aryl methyl sites for hydroxylation is 1. The van der Waals surface area contributed by atoms with Gasteiger partial charge in [0.25, 0.3) is 0 Å². The summed E-state index contributed by atoms with van der Waals surface area (Å²) in [7, 11) is 0. The van der Waals surface area contributed by atoms with Gasteiger partial charge in [-0.15, -0.1) is 0 Å². The lowest BCUT2D eigenvalue weighted by Crippen LogP contribution is -1.89. The summed E-state index contributed by atoms with van der Waals surface area (Å²) in [5.74, 6) is 3.01. The molecule has 1 aromatic rings. The highest BCUT2D eigenvalue weighted by Gasteiger charge is 1.92. The summed E-state index contributed by atoms with van der Waals surface area (Å²) in [6.45, 7) is 4.05. The van der Waals surface area contributed by atoms with Gasteiger partial charge in [0, 0.05) is 18.1 Å². The zero-order chi connectivity index (χ0) is 8.10. The molecular formula is C8H12N2S. The topological polar surface area (TPSA) is 25.8 Å². The zero-order valence-electron chi connectivity index (χ0n) is 6.87. The Balaban J connectivity index is 2.52. The van der Waals surface area contributed by atoms with Crippen LogP contribution in [0.15, 0.2) is 12.4 Å². The van der Waals surface area contributed by atoms with Gasteiger partial charge < -0.3 is 0 Å². The molecule has 0 N–H and O–H groups in total. The minimum absolute atomic E-state index is 0.843. The second-order valence-electron chi connectivity index (χ2n) is 2.28. The molecule has 0 fully saturated rings. The molecule has 60 valence electrons. The summed E-state index contributed by atoms with van der Waals surface area (Å²) in [5, 5.41) is 0. The summed E-state index contributed by atoms with van der Waals surface area (Å²) in [6, 6.07) is 0. The molecule has 1 aromatic heterocycles. The third-order valence-electron chi connectivity index (χ3n) is 1.31. The molecule has 3 heteroatoms. The molecule has 1 rings (SSSR count). The van der Waals surface area contributed by atoms with Gasteiger partial charge in [0.15, 0.2) is 0 Å². The number of aromatic nitrogens is 2. The first-order valence-electron chi connectivity index (χ1n) is 3.68. The van der Waals surface area contributed by atoms with Gasteiger partial charge in [0.1, 0.15) is 5.82 Å². The number of hydrogen-bond acceptors (Lipinski definition) is 3. The van der Waals surface area contributed by atoms with Crippen molar-refractivity contribution in [3.63, 3.8) is 0 Å². The maximum absolute atomic E-state index is 4.11. The fraction of sp³-hybridized carbons (Fsp3) is 0.500. The molecule has 0 aliphatic carbocycles. The molecule has 0 saturated carbocycles. The Morgan fingerprint density at radius 3 is 2.55 bits per heavy atom. The van der Waals surface area contributed by atoms with Crippen LogP contribution >= 0.6 is 11.8 Å². The number of hydrogen-bond donors (Lipinski definition) is 0. The van der Waals surface area contributed by atoms with E-state index in [1.54, 1.807) is 0 Å². The molecular weight excluding hydrogens is 156 g/mol. The van der Waals surface area contributed by atoms with Crippen molar-refractivity contribution in [1.29, 1.82) is 0 Å². The van der Waals surface area contributed by atoms with Gasteiger partial charge in [0.2, 0.25) is 0 Å². The lowest BCUT2D eigenvalue weighted by atomic mass is 10.4. The summed E-state index contributed by atoms with van der Waals surface area (Å²) >= 11 is 1.89. The predicted octanol–water partition coefficient (Wildman–Crippen LogP) is 2.04. The van der Waals surface area contributed by atoms with Crippen molar-refractivity contribution >= 4 is 11.8 Å². The van der Waals surface area contributed by atoms with Crippen LogP contribution < -0.4 is 0 Å². The van der Waals surface area contributed by atoms with Gasteiger partial charge in [-0.05, 0) is 18.2 Å². The van der Waals surface area contributed by atoms with Crippen molar-refractivity contribution in [1.82, 2.24) is 9.97 Å². The molecule has 0 saturated heterocycles.